The van der Waals surface area contributed by atoms with Gasteiger partial charge in [-0.1, -0.05) is 31.2 Å². The molecular formula is C13H18N2O. The average molecular weight is 218 g/mol. The van der Waals surface area contributed by atoms with Crippen LogP contribution in [0.1, 0.15) is 24.5 Å². The largest absolute Gasteiger partial charge is 0.338 e. The van der Waals surface area contributed by atoms with E-state index in [0.717, 1.165) is 12.0 Å². The molecule has 3 heteroatoms. The number of carbonyl (C=O) groups is 1. The number of nitrogens with one attached hydrogen (secondary N) is 2. The fraction of sp³-hybridized carbons (Fsp3) is 0.308. The summed E-state index contributed by atoms with van der Waals surface area (Å²) in [7, 11) is 0. The van der Waals surface area contributed by atoms with Crippen molar-refractivity contribution in [2.75, 3.05) is 6.54 Å². The van der Waals surface area contributed by atoms with Crippen molar-refractivity contribution in [2.24, 2.45) is 0 Å². The third-order valence-electron chi connectivity index (χ3n) is 2.20. The summed E-state index contributed by atoms with van der Waals surface area (Å²) in [6.07, 6.45) is 4.49. The van der Waals surface area contributed by atoms with Crippen LogP contribution in [0.4, 0.5) is 4.79 Å². The van der Waals surface area contributed by atoms with Crippen LogP contribution in [0, 0.1) is 6.92 Å². The molecule has 0 bridgehead atoms. The molecule has 0 aliphatic heterocycles. The van der Waals surface area contributed by atoms with Gasteiger partial charge in [0.05, 0.1) is 0 Å². The molecule has 2 amide bonds. The van der Waals surface area contributed by atoms with Gasteiger partial charge in [-0.3, -0.25) is 0 Å². The molecule has 0 spiro atoms. The Bertz CT molecular complexity index is 372. The molecule has 0 aliphatic carbocycles. The third-order valence-corrected chi connectivity index (χ3v) is 2.20. The minimum absolute atomic E-state index is 0.160. The Morgan fingerprint density at radius 2 is 2.12 bits per heavy atom. The average Bonchev–Trinajstić information content (AvgIpc) is 2.29. The van der Waals surface area contributed by atoms with Gasteiger partial charge in [-0.2, -0.15) is 0 Å². The van der Waals surface area contributed by atoms with Crippen molar-refractivity contribution in [3.8, 4) is 0 Å². The van der Waals surface area contributed by atoms with E-state index in [0.29, 0.717) is 6.54 Å². The van der Waals surface area contributed by atoms with Gasteiger partial charge in [0.2, 0.25) is 0 Å². The maximum atomic E-state index is 11.2. The lowest BCUT2D eigenvalue weighted by Crippen LogP contribution is -2.32. The lowest BCUT2D eigenvalue weighted by Gasteiger charge is -2.02. The second-order valence-electron chi connectivity index (χ2n) is 3.59. The Hall–Kier alpha value is -1.77. The first-order valence-corrected chi connectivity index (χ1v) is 5.50. The summed E-state index contributed by atoms with van der Waals surface area (Å²) in [6, 6.07) is 7.86. The van der Waals surface area contributed by atoms with Crippen LogP contribution in [0.3, 0.4) is 0 Å². The molecule has 0 aliphatic rings. The van der Waals surface area contributed by atoms with E-state index < -0.39 is 0 Å². The first kappa shape index (κ1) is 12.3. The molecule has 3 nitrogen and oxygen atoms in total. The number of amides is 2. The van der Waals surface area contributed by atoms with Gasteiger partial charge in [-0.15, -0.1) is 0 Å². The van der Waals surface area contributed by atoms with Crippen LogP contribution >= 0.6 is 0 Å². The summed E-state index contributed by atoms with van der Waals surface area (Å²) in [5.41, 5.74) is 2.30. The number of hydrogen-bond acceptors (Lipinski definition) is 1. The van der Waals surface area contributed by atoms with E-state index in [-0.39, 0.29) is 6.03 Å². The van der Waals surface area contributed by atoms with Gasteiger partial charge >= 0.3 is 6.03 Å². The van der Waals surface area contributed by atoms with Gasteiger partial charge < -0.3 is 10.6 Å². The van der Waals surface area contributed by atoms with Crippen molar-refractivity contribution in [2.45, 2.75) is 20.3 Å². The van der Waals surface area contributed by atoms with Gasteiger partial charge in [-0.05, 0) is 30.5 Å². The summed E-state index contributed by atoms with van der Waals surface area (Å²) in [5, 5.41) is 5.39. The predicted molar refractivity (Wildman–Crippen MR) is 67.0 cm³/mol. The normalized spacial score (nSPS) is 10.4. The first-order chi connectivity index (χ1) is 7.74. The van der Waals surface area contributed by atoms with Crippen molar-refractivity contribution in [3.63, 3.8) is 0 Å². The zero-order chi connectivity index (χ0) is 11.8. The van der Waals surface area contributed by atoms with Crippen LogP contribution in [-0.2, 0) is 0 Å². The molecular weight excluding hydrogens is 200 g/mol. The van der Waals surface area contributed by atoms with Gasteiger partial charge in [0.25, 0.3) is 0 Å². The van der Waals surface area contributed by atoms with E-state index in [2.05, 4.69) is 10.6 Å². The molecule has 0 heterocycles. The molecule has 0 atom stereocenters. The van der Waals surface area contributed by atoms with Crippen LogP contribution in [0.5, 0.6) is 0 Å². The number of rotatable bonds is 4. The van der Waals surface area contributed by atoms with E-state index in [4.69, 9.17) is 0 Å². The molecule has 16 heavy (non-hydrogen) atoms. The Balaban J connectivity index is 2.43. The summed E-state index contributed by atoms with van der Waals surface area (Å²) < 4.78 is 0. The molecule has 0 aromatic heterocycles. The molecule has 2 N–H and O–H groups in total. The molecule has 86 valence electrons. The standard InChI is InChI=1S/C13H18N2O/c1-3-9-14-13(16)15-10-8-12-7-5-4-6-11(12)2/h4-8,10H,3,9H2,1-2H3,(H2,14,15,16)/b10-8+. The van der Waals surface area contributed by atoms with E-state index in [9.17, 15) is 4.79 Å². The second kappa shape index (κ2) is 6.67. The van der Waals surface area contributed by atoms with Crippen molar-refractivity contribution < 1.29 is 4.79 Å². The molecule has 0 unspecified atom stereocenters. The highest BCUT2D eigenvalue weighted by Crippen LogP contribution is 2.07. The smallest absolute Gasteiger partial charge is 0.318 e. The molecule has 0 radical (unpaired) electrons. The zero-order valence-corrected chi connectivity index (χ0v) is 9.79. The molecule has 1 aromatic carbocycles. The number of urea groups is 1. The summed E-state index contributed by atoms with van der Waals surface area (Å²) in [4.78, 5) is 11.2. The van der Waals surface area contributed by atoms with Crippen LogP contribution in [-0.4, -0.2) is 12.6 Å². The van der Waals surface area contributed by atoms with Gasteiger partial charge in [0, 0.05) is 12.7 Å². The minimum atomic E-state index is -0.160. The first-order valence-electron chi connectivity index (χ1n) is 5.50. The highest BCUT2D eigenvalue weighted by atomic mass is 16.2. The highest BCUT2D eigenvalue weighted by molar-refractivity contribution is 5.75. The SMILES string of the molecule is CCCNC(=O)N/C=C/c1ccccc1C. The topological polar surface area (TPSA) is 41.1 Å². The number of carbonyl (C=O) groups excluding carboxylic acids is 1. The zero-order valence-electron chi connectivity index (χ0n) is 9.79. The van der Waals surface area contributed by atoms with E-state index in [1.165, 1.54) is 5.56 Å². The van der Waals surface area contributed by atoms with Gasteiger partial charge in [-0.25, -0.2) is 4.79 Å². The number of benzene rings is 1. The second-order valence-corrected chi connectivity index (χ2v) is 3.59. The summed E-state index contributed by atoms with van der Waals surface area (Å²) in [6.45, 7) is 4.75. The Morgan fingerprint density at radius 3 is 2.81 bits per heavy atom. The van der Waals surface area contributed by atoms with Crippen LogP contribution in [0.2, 0.25) is 0 Å². The Kier molecular flexibility index (Phi) is 5.12. The maximum absolute atomic E-state index is 11.2. The van der Waals surface area contributed by atoms with Gasteiger partial charge in [0.1, 0.15) is 0 Å². The van der Waals surface area contributed by atoms with Crippen molar-refractivity contribution in [1.29, 1.82) is 0 Å². The van der Waals surface area contributed by atoms with Crippen molar-refractivity contribution in [1.82, 2.24) is 10.6 Å². The monoisotopic (exact) mass is 218 g/mol. The lowest BCUT2D eigenvalue weighted by molar-refractivity contribution is 0.244. The molecule has 1 rings (SSSR count). The third kappa shape index (κ3) is 4.17. The summed E-state index contributed by atoms with van der Waals surface area (Å²) >= 11 is 0. The molecule has 0 saturated heterocycles. The quantitative estimate of drug-likeness (QED) is 0.801. The number of hydrogen-bond donors (Lipinski definition) is 2. The lowest BCUT2D eigenvalue weighted by atomic mass is 10.1. The van der Waals surface area contributed by atoms with E-state index >= 15 is 0 Å². The summed E-state index contributed by atoms with van der Waals surface area (Å²) in [5.74, 6) is 0. The Morgan fingerprint density at radius 1 is 1.38 bits per heavy atom. The van der Waals surface area contributed by atoms with Crippen molar-refractivity contribution in [3.05, 3.63) is 41.6 Å². The molecule has 0 fully saturated rings. The highest BCUT2D eigenvalue weighted by Gasteiger charge is 1.94. The minimum Gasteiger partial charge on any atom is -0.338 e. The Labute approximate surface area is 96.6 Å². The van der Waals surface area contributed by atoms with Crippen LogP contribution in [0.15, 0.2) is 30.5 Å². The van der Waals surface area contributed by atoms with E-state index in [1.807, 2.05) is 44.2 Å². The number of aryl methyl sites for hydroxylation is 1. The fourth-order valence-corrected chi connectivity index (χ4v) is 1.27. The maximum Gasteiger partial charge on any atom is 0.318 e. The molecule has 1 aromatic rings. The van der Waals surface area contributed by atoms with Crippen LogP contribution in [0.25, 0.3) is 6.08 Å². The van der Waals surface area contributed by atoms with Crippen LogP contribution < -0.4 is 10.6 Å². The molecule has 0 saturated carbocycles. The fourth-order valence-electron chi connectivity index (χ4n) is 1.27. The van der Waals surface area contributed by atoms with Gasteiger partial charge in [0.15, 0.2) is 0 Å². The van der Waals surface area contributed by atoms with E-state index in [1.54, 1.807) is 6.20 Å². The predicted octanol–water partition coefficient (Wildman–Crippen LogP) is 2.67. The van der Waals surface area contributed by atoms with Crippen molar-refractivity contribution >= 4 is 12.1 Å².